The van der Waals surface area contributed by atoms with Crippen LogP contribution in [0, 0.1) is 5.82 Å². The van der Waals surface area contributed by atoms with Crippen LogP contribution in [0.5, 0.6) is 5.75 Å². The summed E-state index contributed by atoms with van der Waals surface area (Å²) in [6.45, 7) is 0.230. The second-order valence-electron chi connectivity index (χ2n) is 4.34. The van der Waals surface area contributed by atoms with Crippen molar-refractivity contribution in [1.82, 2.24) is 0 Å². The first-order valence-electron chi connectivity index (χ1n) is 6.28. The number of benzene rings is 2. The van der Waals surface area contributed by atoms with E-state index < -0.39 is 0 Å². The molecule has 0 spiro atoms. The minimum absolute atomic E-state index is 0.179. The number of ether oxygens (including phenoxy) is 1. The normalized spacial score (nSPS) is 10.2. The van der Waals surface area contributed by atoms with Crippen LogP contribution in [-0.4, -0.2) is 12.5 Å². The van der Waals surface area contributed by atoms with Crippen LogP contribution in [0.1, 0.15) is 6.42 Å². The molecule has 0 unspecified atom stereocenters. The molecule has 0 heterocycles. The topological polar surface area (TPSA) is 64.3 Å². The maximum atomic E-state index is 12.9. The first-order chi connectivity index (χ1) is 10.0. The van der Waals surface area contributed by atoms with Crippen LogP contribution in [-0.2, 0) is 4.79 Å². The molecule has 4 nitrogen and oxygen atoms in total. The summed E-state index contributed by atoms with van der Waals surface area (Å²) in [5.41, 5.74) is 6.75. The SMILES string of the molecule is Nc1cccc(OCCC(=O)Nc2ccc(F)cc2Br)c1. The Labute approximate surface area is 130 Å². The standard InChI is InChI=1S/C15H14BrFN2O2/c16-13-8-10(17)4-5-14(13)19-15(20)6-7-21-12-3-1-2-11(18)9-12/h1-5,8-9H,6-7,18H2,(H,19,20). The Kier molecular flexibility index (Phi) is 5.16. The van der Waals surface area contributed by atoms with Gasteiger partial charge in [-0.25, -0.2) is 4.39 Å². The number of amides is 1. The molecule has 0 atom stereocenters. The minimum atomic E-state index is -0.370. The smallest absolute Gasteiger partial charge is 0.227 e. The second kappa shape index (κ2) is 7.08. The van der Waals surface area contributed by atoms with Gasteiger partial charge in [-0.05, 0) is 46.3 Å². The van der Waals surface area contributed by atoms with Crippen molar-refractivity contribution in [3.63, 3.8) is 0 Å². The number of hydrogen-bond donors (Lipinski definition) is 2. The molecule has 0 aliphatic rings. The molecule has 2 aromatic rings. The molecule has 110 valence electrons. The fourth-order valence-corrected chi connectivity index (χ4v) is 2.12. The summed E-state index contributed by atoms with van der Waals surface area (Å²) in [4.78, 5) is 11.8. The van der Waals surface area contributed by atoms with E-state index in [1.807, 2.05) is 0 Å². The summed E-state index contributed by atoms with van der Waals surface area (Å²) in [6, 6.07) is 11.1. The van der Waals surface area contributed by atoms with Gasteiger partial charge in [-0.15, -0.1) is 0 Å². The Morgan fingerprint density at radius 3 is 2.81 bits per heavy atom. The van der Waals surface area contributed by atoms with E-state index in [2.05, 4.69) is 21.2 Å². The lowest BCUT2D eigenvalue weighted by atomic mass is 10.3. The van der Waals surface area contributed by atoms with E-state index in [0.29, 0.717) is 21.6 Å². The Morgan fingerprint density at radius 1 is 1.29 bits per heavy atom. The number of carbonyl (C=O) groups excluding carboxylic acids is 1. The van der Waals surface area contributed by atoms with Gasteiger partial charge in [0.05, 0.1) is 18.7 Å². The maximum absolute atomic E-state index is 12.9. The molecule has 0 aromatic heterocycles. The Morgan fingerprint density at radius 2 is 2.10 bits per heavy atom. The number of rotatable bonds is 5. The molecule has 0 aliphatic carbocycles. The molecule has 2 aromatic carbocycles. The van der Waals surface area contributed by atoms with Crippen molar-refractivity contribution in [3.8, 4) is 5.75 Å². The van der Waals surface area contributed by atoms with Crippen LogP contribution >= 0.6 is 15.9 Å². The van der Waals surface area contributed by atoms with Crippen molar-refractivity contribution in [1.29, 1.82) is 0 Å². The lowest BCUT2D eigenvalue weighted by molar-refractivity contribution is -0.116. The van der Waals surface area contributed by atoms with Crippen molar-refractivity contribution >= 4 is 33.2 Å². The Hall–Kier alpha value is -2.08. The molecule has 0 bridgehead atoms. The van der Waals surface area contributed by atoms with Gasteiger partial charge < -0.3 is 15.8 Å². The van der Waals surface area contributed by atoms with E-state index in [-0.39, 0.29) is 24.8 Å². The van der Waals surface area contributed by atoms with Gasteiger partial charge in [0.15, 0.2) is 0 Å². The van der Waals surface area contributed by atoms with E-state index in [0.717, 1.165) is 0 Å². The van der Waals surface area contributed by atoms with Crippen molar-refractivity contribution in [2.45, 2.75) is 6.42 Å². The monoisotopic (exact) mass is 352 g/mol. The fraction of sp³-hybridized carbons (Fsp3) is 0.133. The average Bonchev–Trinajstić information content (AvgIpc) is 2.42. The van der Waals surface area contributed by atoms with Gasteiger partial charge in [0, 0.05) is 16.2 Å². The summed E-state index contributed by atoms with van der Waals surface area (Å²) < 4.78 is 18.9. The molecular weight excluding hydrogens is 339 g/mol. The molecule has 6 heteroatoms. The molecule has 1 amide bonds. The number of nitrogens with two attached hydrogens (primary N) is 1. The Bertz CT molecular complexity index is 649. The summed E-state index contributed by atoms with van der Waals surface area (Å²) in [5.74, 6) is 0.0295. The summed E-state index contributed by atoms with van der Waals surface area (Å²) >= 11 is 3.19. The van der Waals surface area contributed by atoms with Crippen molar-refractivity contribution < 1.29 is 13.9 Å². The van der Waals surface area contributed by atoms with E-state index in [4.69, 9.17) is 10.5 Å². The maximum Gasteiger partial charge on any atom is 0.227 e. The molecule has 0 saturated heterocycles. The van der Waals surface area contributed by atoms with Gasteiger partial charge in [0.1, 0.15) is 11.6 Å². The van der Waals surface area contributed by atoms with E-state index in [9.17, 15) is 9.18 Å². The number of nitrogens with one attached hydrogen (secondary N) is 1. The van der Waals surface area contributed by atoms with Crippen molar-refractivity contribution in [3.05, 3.63) is 52.8 Å². The minimum Gasteiger partial charge on any atom is -0.493 e. The summed E-state index contributed by atoms with van der Waals surface area (Å²) in [7, 11) is 0. The molecule has 3 N–H and O–H groups in total. The quantitative estimate of drug-likeness (QED) is 0.808. The van der Waals surface area contributed by atoms with Crippen LogP contribution in [0.4, 0.5) is 15.8 Å². The van der Waals surface area contributed by atoms with Gasteiger partial charge in [0.25, 0.3) is 0 Å². The third-order valence-electron chi connectivity index (χ3n) is 2.66. The van der Waals surface area contributed by atoms with Gasteiger partial charge >= 0.3 is 0 Å². The van der Waals surface area contributed by atoms with Gasteiger partial charge in [0.2, 0.25) is 5.91 Å². The predicted molar refractivity (Wildman–Crippen MR) is 83.7 cm³/mol. The average molecular weight is 353 g/mol. The molecule has 0 fully saturated rings. The van der Waals surface area contributed by atoms with Gasteiger partial charge in [-0.3, -0.25) is 4.79 Å². The van der Waals surface area contributed by atoms with Crippen LogP contribution in [0.15, 0.2) is 46.9 Å². The van der Waals surface area contributed by atoms with E-state index in [1.54, 1.807) is 24.3 Å². The first-order valence-corrected chi connectivity index (χ1v) is 7.07. The number of carbonyl (C=O) groups is 1. The van der Waals surface area contributed by atoms with E-state index >= 15 is 0 Å². The van der Waals surface area contributed by atoms with Crippen LogP contribution in [0.2, 0.25) is 0 Å². The molecule has 0 radical (unpaired) electrons. The van der Waals surface area contributed by atoms with Gasteiger partial charge in [-0.1, -0.05) is 6.07 Å². The zero-order chi connectivity index (χ0) is 15.2. The molecule has 0 aliphatic heterocycles. The number of nitrogen functional groups attached to an aromatic ring is 1. The highest BCUT2D eigenvalue weighted by molar-refractivity contribution is 9.10. The molecule has 2 rings (SSSR count). The van der Waals surface area contributed by atoms with E-state index in [1.165, 1.54) is 18.2 Å². The van der Waals surface area contributed by atoms with Crippen LogP contribution in [0.25, 0.3) is 0 Å². The zero-order valence-electron chi connectivity index (χ0n) is 11.1. The largest absolute Gasteiger partial charge is 0.493 e. The van der Waals surface area contributed by atoms with Crippen LogP contribution in [0.3, 0.4) is 0 Å². The molecular formula is C15H14BrFN2O2. The third kappa shape index (κ3) is 4.75. The summed E-state index contributed by atoms with van der Waals surface area (Å²) in [6.07, 6.45) is 0.179. The highest BCUT2D eigenvalue weighted by atomic mass is 79.9. The lowest BCUT2D eigenvalue weighted by Crippen LogP contribution is -2.15. The van der Waals surface area contributed by atoms with Crippen LogP contribution < -0.4 is 15.8 Å². The second-order valence-corrected chi connectivity index (χ2v) is 5.20. The lowest BCUT2D eigenvalue weighted by Gasteiger charge is -2.09. The number of hydrogen-bond acceptors (Lipinski definition) is 3. The predicted octanol–water partition coefficient (Wildman–Crippen LogP) is 3.58. The summed E-state index contributed by atoms with van der Waals surface area (Å²) in [5, 5.41) is 2.68. The number of halogens is 2. The van der Waals surface area contributed by atoms with Gasteiger partial charge in [-0.2, -0.15) is 0 Å². The third-order valence-corrected chi connectivity index (χ3v) is 3.32. The molecule has 21 heavy (non-hydrogen) atoms. The van der Waals surface area contributed by atoms with Crippen molar-refractivity contribution in [2.24, 2.45) is 0 Å². The highest BCUT2D eigenvalue weighted by Gasteiger charge is 2.07. The Balaban J connectivity index is 1.82. The highest BCUT2D eigenvalue weighted by Crippen LogP contribution is 2.23. The number of anilines is 2. The molecule has 0 saturated carbocycles. The first kappa shape index (κ1) is 15.3. The zero-order valence-corrected chi connectivity index (χ0v) is 12.7. The fourth-order valence-electron chi connectivity index (χ4n) is 1.67. The van der Waals surface area contributed by atoms with Crippen molar-refractivity contribution in [2.75, 3.05) is 17.7 Å².